The van der Waals surface area contributed by atoms with Gasteiger partial charge in [-0.25, -0.2) is 0 Å². The van der Waals surface area contributed by atoms with E-state index in [1.165, 1.54) is 25.8 Å². The van der Waals surface area contributed by atoms with E-state index in [4.69, 9.17) is 10.5 Å². The molecule has 1 heterocycles. The lowest BCUT2D eigenvalue weighted by molar-refractivity contribution is 0.0984. The van der Waals surface area contributed by atoms with Gasteiger partial charge in [0.1, 0.15) is 0 Å². The second-order valence-electron chi connectivity index (χ2n) is 7.32. The van der Waals surface area contributed by atoms with Crippen LogP contribution in [0.1, 0.15) is 47.0 Å². The van der Waals surface area contributed by atoms with Crippen LogP contribution in [0, 0.1) is 11.3 Å². The van der Waals surface area contributed by atoms with Crippen LogP contribution in [0.5, 0.6) is 0 Å². The lowest BCUT2D eigenvalue weighted by Gasteiger charge is -2.40. The van der Waals surface area contributed by atoms with Gasteiger partial charge in [0, 0.05) is 25.7 Å². The second-order valence-corrected chi connectivity index (χ2v) is 7.32. The molecule has 1 saturated heterocycles. The molecule has 2 unspecified atom stereocenters. The molecule has 0 aromatic rings. The molecule has 18 heavy (non-hydrogen) atoms. The summed E-state index contributed by atoms with van der Waals surface area (Å²) in [6.45, 7) is 13.2. The Hall–Kier alpha value is -0.120. The minimum atomic E-state index is 0.162. The predicted molar refractivity (Wildman–Crippen MR) is 77.7 cm³/mol. The van der Waals surface area contributed by atoms with Gasteiger partial charge in [-0.3, -0.25) is 4.90 Å². The fraction of sp³-hybridized carbons (Fsp3) is 1.00. The molecule has 108 valence electrons. The van der Waals surface area contributed by atoms with Gasteiger partial charge in [0.05, 0.1) is 6.61 Å². The Morgan fingerprint density at radius 3 is 2.39 bits per heavy atom. The van der Waals surface area contributed by atoms with Gasteiger partial charge in [-0.1, -0.05) is 20.8 Å². The number of likely N-dealkylation sites (tertiary alicyclic amines) is 1. The van der Waals surface area contributed by atoms with Crippen LogP contribution in [0.2, 0.25) is 0 Å². The molecule has 1 aliphatic heterocycles. The lowest BCUT2D eigenvalue weighted by atomic mass is 9.83. The molecule has 2 N–H and O–H groups in total. The third-order valence-electron chi connectivity index (χ3n) is 4.30. The first-order valence-corrected chi connectivity index (χ1v) is 7.25. The van der Waals surface area contributed by atoms with E-state index in [9.17, 15) is 0 Å². The van der Waals surface area contributed by atoms with Crippen molar-refractivity contribution in [2.75, 3.05) is 33.4 Å². The molecule has 0 aliphatic carbocycles. The Morgan fingerprint density at radius 2 is 1.89 bits per heavy atom. The van der Waals surface area contributed by atoms with Gasteiger partial charge < -0.3 is 10.5 Å². The minimum absolute atomic E-state index is 0.162. The zero-order chi connectivity index (χ0) is 13.8. The van der Waals surface area contributed by atoms with E-state index in [2.05, 4.69) is 32.6 Å². The molecule has 0 radical (unpaired) electrons. The van der Waals surface area contributed by atoms with E-state index in [0.717, 1.165) is 19.7 Å². The van der Waals surface area contributed by atoms with E-state index in [1.807, 2.05) is 0 Å². The third kappa shape index (κ3) is 4.52. The summed E-state index contributed by atoms with van der Waals surface area (Å²) in [6.07, 6.45) is 3.66. The quantitative estimate of drug-likeness (QED) is 0.793. The number of ether oxygens (including phenoxy) is 1. The van der Waals surface area contributed by atoms with Crippen molar-refractivity contribution < 1.29 is 4.74 Å². The highest BCUT2D eigenvalue weighted by atomic mass is 16.5. The molecule has 1 aliphatic rings. The van der Waals surface area contributed by atoms with Crippen molar-refractivity contribution in [3.63, 3.8) is 0 Å². The van der Waals surface area contributed by atoms with Crippen molar-refractivity contribution >= 4 is 0 Å². The largest absolute Gasteiger partial charge is 0.384 e. The Balaban J connectivity index is 2.54. The highest BCUT2D eigenvalue weighted by molar-refractivity contribution is 4.92. The molecule has 1 rings (SSSR count). The summed E-state index contributed by atoms with van der Waals surface area (Å²) >= 11 is 0. The van der Waals surface area contributed by atoms with Crippen LogP contribution < -0.4 is 5.73 Å². The number of nitrogens with two attached hydrogens (primary N) is 1. The molecule has 2 atom stereocenters. The standard InChI is InChI=1S/C15H32N2O/c1-14(2,3)7-8-15(4,12-16)17-9-6-13(10-17)11-18-5/h13H,6-12,16H2,1-5H3. The third-order valence-corrected chi connectivity index (χ3v) is 4.30. The van der Waals surface area contributed by atoms with Crippen molar-refractivity contribution in [1.82, 2.24) is 4.90 Å². The van der Waals surface area contributed by atoms with Crippen LogP contribution in [0.3, 0.4) is 0 Å². The average Bonchev–Trinajstić information content (AvgIpc) is 2.75. The van der Waals surface area contributed by atoms with Gasteiger partial charge in [0.15, 0.2) is 0 Å². The Kier molecular flexibility index (Phi) is 5.63. The van der Waals surface area contributed by atoms with Gasteiger partial charge >= 0.3 is 0 Å². The molecule has 0 spiro atoms. The van der Waals surface area contributed by atoms with Gasteiger partial charge in [-0.05, 0) is 44.1 Å². The zero-order valence-corrected chi connectivity index (χ0v) is 13.0. The fourth-order valence-corrected chi connectivity index (χ4v) is 2.73. The topological polar surface area (TPSA) is 38.5 Å². The average molecular weight is 256 g/mol. The molecule has 0 bridgehead atoms. The Bertz CT molecular complexity index is 249. The van der Waals surface area contributed by atoms with Crippen LogP contribution in [0.15, 0.2) is 0 Å². The number of hydrogen-bond acceptors (Lipinski definition) is 3. The zero-order valence-electron chi connectivity index (χ0n) is 13.0. The minimum Gasteiger partial charge on any atom is -0.384 e. The number of hydrogen-bond donors (Lipinski definition) is 1. The van der Waals surface area contributed by atoms with Gasteiger partial charge in [-0.15, -0.1) is 0 Å². The predicted octanol–water partition coefficient (Wildman–Crippen LogP) is 2.50. The lowest BCUT2D eigenvalue weighted by Crippen LogP contribution is -2.51. The molecular weight excluding hydrogens is 224 g/mol. The van der Waals surface area contributed by atoms with E-state index in [0.29, 0.717) is 11.3 Å². The molecule has 1 fully saturated rings. The highest BCUT2D eigenvalue weighted by Crippen LogP contribution is 2.32. The highest BCUT2D eigenvalue weighted by Gasteiger charge is 2.36. The molecule has 0 aromatic carbocycles. The summed E-state index contributed by atoms with van der Waals surface area (Å²) < 4.78 is 5.28. The fourth-order valence-electron chi connectivity index (χ4n) is 2.73. The summed E-state index contributed by atoms with van der Waals surface area (Å²) in [7, 11) is 1.80. The van der Waals surface area contributed by atoms with Crippen molar-refractivity contribution in [1.29, 1.82) is 0 Å². The van der Waals surface area contributed by atoms with Crippen LogP contribution in [0.4, 0.5) is 0 Å². The monoisotopic (exact) mass is 256 g/mol. The van der Waals surface area contributed by atoms with Crippen molar-refractivity contribution in [3.8, 4) is 0 Å². The van der Waals surface area contributed by atoms with E-state index >= 15 is 0 Å². The van der Waals surface area contributed by atoms with Crippen LogP contribution in [-0.2, 0) is 4.74 Å². The molecule has 0 aromatic heterocycles. The maximum atomic E-state index is 6.06. The van der Waals surface area contributed by atoms with Gasteiger partial charge in [0.25, 0.3) is 0 Å². The molecular formula is C15H32N2O. The first-order chi connectivity index (χ1) is 8.30. The van der Waals surface area contributed by atoms with E-state index < -0.39 is 0 Å². The SMILES string of the molecule is COCC1CCN(C(C)(CN)CCC(C)(C)C)C1. The normalized spacial score (nSPS) is 25.3. The summed E-state index contributed by atoms with van der Waals surface area (Å²) in [4.78, 5) is 2.59. The van der Waals surface area contributed by atoms with Crippen molar-refractivity contribution in [2.24, 2.45) is 17.1 Å². The first kappa shape index (κ1) is 15.9. The number of nitrogens with zero attached hydrogens (tertiary/aromatic N) is 1. The van der Waals surface area contributed by atoms with E-state index in [-0.39, 0.29) is 5.54 Å². The number of methoxy groups -OCH3 is 1. The second kappa shape index (κ2) is 6.36. The van der Waals surface area contributed by atoms with Gasteiger partial charge in [0.2, 0.25) is 0 Å². The molecule has 3 nitrogen and oxygen atoms in total. The Labute approximate surface area is 113 Å². The molecule has 0 amide bonds. The smallest absolute Gasteiger partial charge is 0.0503 e. The summed E-state index contributed by atoms with van der Waals surface area (Å²) in [5, 5.41) is 0. The summed E-state index contributed by atoms with van der Waals surface area (Å²) in [5.41, 5.74) is 6.62. The number of rotatable bonds is 6. The van der Waals surface area contributed by atoms with Crippen LogP contribution in [0.25, 0.3) is 0 Å². The first-order valence-electron chi connectivity index (χ1n) is 7.25. The maximum absolute atomic E-state index is 6.06. The summed E-state index contributed by atoms with van der Waals surface area (Å²) in [6, 6.07) is 0. The van der Waals surface area contributed by atoms with E-state index in [1.54, 1.807) is 7.11 Å². The van der Waals surface area contributed by atoms with Crippen molar-refractivity contribution in [3.05, 3.63) is 0 Å². The van der Waals surface area contributed by atoms with Crippen LogP contribution in [-0.4, -0.2) is 43.8 Å². The summed E-state index contributed by atoms with van der Waals surface area (Å²) in [5.74, 6) is 0.690. The van der Waals surface area contributed by atoms with Crippen molar-refractivity contribution in [2.45, 2.75) is 52.5 Å². The Morgan fingerprint density at radius 1 is 1.22 bits per heavy atom. The molecule has 0 saturated carbocycles. The van der Waals surface area contributed by atoms with Gasteiger partial charge in [-0.2, -0.15) is 0 Å². The maximum Gasteiger partial charge on any atom is 0.0503 e. The molecule has 3 heteroatoms. The van der Waals surface area contributed by atoms with Crippen LogP contribution >= 0.6 is 0 Å².